The van der Waals surface area contributed by atoms with E-state index in [4.69, 9.17) is 33.2 Å². The van der Waals surface area contributed by atoms with E-state index in [2.05, 4.69) is 51.1 Å². The van der Waals surface area contributed by atoms with Gasteiger partial charge in [0, 0.05) is 32.1 Å². The average Bonchev–Trinajstić information content (AvgIpc) is 3.67. The van der Waals surface area contributed by atoms with Crippen molar-refractivity contribution in [3.05, 3.63) is 23.8 Å². The van der Waals surface area contributed by atoms with E-state index >= 15 is 0 Å². The van der Waals surface area contributed by atoms with Crippen LogP contribution in [0.2, 0.25) is 0 Å². The predicted molar refractivity (Wildman–Crippen MR) is 188 cm³/mol. The molecule has 3 aliphatic carbocycles. The Morgan fingerprint density at radius 3 is 2.31 bits per heavy atom. The van der Waals surface area contributed by atoms with Crippen LogP contribution in [0.3, 0.4) is 0 Å². The first-order valence-corrected chi connectivity index (χ1v) is 19.4. The van der Waals surface area contributed by atoms with Gasteiger partial charge in [-0.05, 0) is 109 Å². The summed E-state index contributed by atoms with van der Waals surface area (Å²) in [6.45, 7) is 7.96. The third kappa shape index (κ3) is 8.10. The molecule has 286 valence electrons. The van der Waals surface area contributed by atoms with E-state index in [0.717, 1.165) is 50.5 Å². The zero-order valence-electron chi connectivity index (χ0n) is 31.9. The van der Waals surface area contributed by atoms with Crippen molar-refractivity contribution in [1.29, 1.82) is 0 Å². The van der Waals surface area contributed by atoms with Crippen LogP contribution in [0.25, 0.3) is 0 Å². The fourth-order valence-corrected chi connectivity index (χ4v) is 10.00. The number of ether oxygens (including phenoxy) is 7. The molecule has 0 N–H and O–H groups in total. The summed E-state index contributed by atoms with van der Waals surface area (Å²) in [5.74, 6) is -0.433. The summed E-state index contributed by atoms with van der Waals surface area (Å²) in [4.78, 5) is 43.3. The number of cyclic esters (lactones) is 1. The number of Topliss-reactive ketones (excluding diaryl/α,β-unsaturated/α-hetero) is 2. The summed E-state index contributed by atoms with van der Waals surface area (Å²) < 4.78 is 42.6. The monoisotopic (exact) mass is 715 g/mol. The summed E-state index contributed by atoms with van der Waals surface area (Å²) in [5.41, 5.74) is 0.733. The number of allylic oxidation sites excluding steroid dienone is 4. The van der Waals surface area contributed by atoms with Gasteiger partial charge < -0.3 is 38.1 Å². The molecule has 11 heteroatoms. The Labute approximate surface area is 304 Å². The number of carbonyl (C=O) groups is 3. The van der Waals surface area contributed by atoms with Gasteiger partial charge in [-0.15, -0.1) is 0 Å². The zero-order chi connectivity index (χ0) is 36.6. The molecule has 0 amide bonds. The molecule has 16 atom stereocenters. The molecule has 11 nitrogen and oxygen atoms in total. The van der Waals surface area contributed by atoms with Crippen LogP contribution in [0.1, 0.15) is 85.5 Å². The highest BCUT2D eigenvalue weighted by atomic mass is 16.7. The summed E-state index contributed by atoms with van der Waals surface area (Å²) in [6, 6.07) is 0.330. The molecule has 0 aromatic carbocycles. The molecule has 6 aliphatic rings. The highest BCUT2D eigenvalue weighted by Gasteiger charge is 2.52. The molecule has 0 aromatic rings. The molecular weight excluding hydrogens is 654 g/mol. The molecule has 3 aliphatic heterocycles. The maximum absolute atomic E-state index is 14.6. The summed E-state index contributed by atoms with van der Waals surface area (Å²) in [7, 11) is 7.15. The second-order valence-corrected chi connectivity index (χ2v) is 16.1. The fraction of sp³-hybridized carbons (Fsp3) is 0.825. The van der Waals surface area contributed by atoms with Gasteiger partial charge in [-0.25, -0.2) is 0 Å². The highest BCUT2D eigenvalue weighted by molar-refractivity contribution is 5.99. The second-order valence-electron chi connectivity index (χ2n) is 16.1. The maximum atomic E-state index is 14.6. The molecule has 0 bridgehead atoms. The van der Waals surface area contributed by atoms with Crippen LogP contribution in [0.4, 0.5) is 0 Å². The lowest BCUT2D eigenvalue weighted by molar-refractivity contribution is -0.266. The quantitative estimate of drug-likeness (QED) is 0.249. The van der Waals surface area contributed by atoms with Gasteiger partial charge in [0.25, 0.3) is 0 Å². The van der Waals surface area contributed by atoms with Gasteiger partial charge in [-0.1, -0.05) is 32.1 Å². The van der Waals surface area contributed by atoms with E-state index in [-0.39, 0.29) is 90.2 Å². The zero-order valence-corrected chi connectivity index (χ0v) is 31.9. The predicted octanol–water partition coefficient (Wildman–Crippen LogP) is 5.04. The topological polar surface area (TPSA) is 119 Å². The van der Waals surface area contributed by atoms with Crippen LogP contribution in [0.5, 0.6) is 0 Å². The number of rotatable bonds is 8. The first-order valence-electron chi connectivity index (χ1n) is 19.4. The fourth-order valence-electron chi connectivity index (χ4n) is 10.00. The molecule has 51 heavy (non-hydrogen) atoms. The smallest absolute Gasteiger partial charge is 0.306 e. The number of likely N-dealkylation sites (N-methyl/N-ethyl adjacent to an activating group) is 1. The lowest BCUT2D eigenvalue weighted by Gasteiger charge is -2.40. The van der Waals surface area contributed by atoms with E-state index in [1.807, 2.05) is 13.8 Å². The Balaban J connectivity index is 1.21. The molecule has 3 heterocycles. The third-order valence-electron chi connectivity index (χ3n) is 12.8. The Bertz CT molecular complexity index is 1320. The molecule has 0 aromatic heterocycles. The normalized spacial score (nSPS) is 45.0. The van der Waals surface area contributed by atoms with Gasteiger partial charge >= 0.3 is 5.97 Å². The largest absolute Gasteiger partial charge is 0.462 e. The lowest BCUT2D eigenvalue weighted by atomic mass is 9.70. The van der Waals surface area contributed by atoms with Gasteiger partial charge in [-0.3, -0.25) is 14.4 Å². The number of carbonyl (C=O) groups excluding carboxylic acids is 3. The highest BCUT2D eigenvalue weighted by Crippen LogP contribution is 2.54. The molecule has 1 saturated carbocycles. The van der Waals surface area contributed by atoms with E-state index in [9.17, 15) is 14.4 Å². The lowest BCUT2D eigenvalue weighted by Crippen LogP contribution is -2.56. The van der Waals surface area contributed by atoms with E-state index in [0.29, 0.717) is 12.5 Å². The number of esters is 1. The molecule has 6 rings (SSSR count). The summed E-state index contributed by atoms with van der Waals surface area (Å²) in [5, 5.41) is 0. The first kappa shape index (κ1) is 38.7. The molecule has 4 fully saturated rings. The number of methoxy groups -OCH3 is 2. The van der Waals surface area contributed by atoms with Crippen molar-refractivity contribution in [1.82, 2.24) is 4.90 Å². The molecule has 0 radical (unpaired) electrons. The van der Waals surface area contributed by atoms with Gasteiger partial charge in [0.15, 0.2) is 30.3 Å². The summed E-state index contributed by atoms with van der Waals surface area (Å²) in [6.07, 6.45) is 9.30. The van der Waals surface area contributed by atoms with Crippen molar-refractivity contribution in [3.63, 3.8) is 0 Å². The van der Waals surface area contributed by atoms with E-state index in [1.165, 1.54) is 14.2 Å². The van der Waals surface area contributed by atoms with Gasteiger partial charge in [0.1, 0.15) is 12.2 Å². The van der Waals surface area contributed by atoms with Crippen molar-refractivity contribution in [3.8, 4) is 0 Å². The van der Waals surface area contributed by atoms with Gasteiger partial charge in [0.2, 0.25) is 0 Å². The summed E-state index contributed by atoms with van der Waals surface area (Å²) >= 11 is 0. The number of hydrogen-bond acceptors (Lipinski definition) is 11. The van der Waals surface area contributed by atoms with Crippen LogP contribution < -0.4 is 0 Å². The Morgan fingerprint density at radius 2 is 1.63 bits per heavy atom. The Hall–Kier alpha value is -1.99. The maximum Gasteiger partial charge on any atom is 0.306 e. The second kappa shape index (κ2) is 16.6. The van der Waals surface area contributed by atoms with Crippen molar-refractivity contribution in [2.75, 3.05) is 28.3 Å². The van der Waals surface area contributed by atoms with Crippen LogP contribution in [-0.4, -0.2) is 112 Å². The van der Waals surface area contributed by atoms with E-state index in [1.54, 1.807) is 0 Å². The number of hydrogen-bond donors (Lipinski definition) is 0. The number of fused-ring (bicyclic) bond motifs is 5. The van der Waals surface area contributed by atoms with Crippen molar-refractivity contribution in [2.24, 2.45) is 35.5 Å². The van der Waals surface area contributed by atoms with Crippen molar-refractivity contribution < 1.29 is 47.5 Å². The van der Waals surface area contributed by atoms with Gasteiger partial charge in [-0.2, -0.15) is 0 Å². The number of nitrogens with zero attached hydrogens (tertiary/aromatic N) is 1. The average molecular weight is 716 g/mol. The minimum absolute atomic E-state index is 0.0123. The molecule has 0 unspecified atom stereocenters. The number of ketones is 2. The first-order chi connectivity index (χ1) is 24.4. The van der Waals surface area contributed by atoms with Gasteiger partial charge in [0.05, 0.1) is 30.8 Å². The molecule has 3 saturated heterocycles. The van der Waals surface area contributed by atoms with Crippen LogP contribution in [-0.2, 0) is 47.5 Å². The van der Waals surface area contributed by atoms with Crippen molar-refractivity contribution in [2.45, 2.75) is 147 Å². The standard InChI is InChI=1S/C40H61NO10/c1-9-25-11-10-12-33(51-35-16-15-32(41(5)6)22(3)47-35)21(2)36(43)31-19-29-27(30(31)20-34(42)49-25)14-13-24-17-26(18-28(24)29)50-40-39(46-8)37(44)38(45-7)23(4)48-40/h13-14,19,21-30,32-33,35,38-40H,9-12,15-18,20H2,1-8H3/t21-,22-,23+,24-,25+,26-,27-,28-,29-,30+,32+,33+,35+,38+,39-,40+/m1/s1. The van der Waals surface area contributed by atoms with Crippen LogP contribution in [0.15, 0.2) is 23.8 Å². The minimum atomic E-state index is -0.870. The van der Waals surface area contributed by atoms with Crippen LogP contribution in [0, 0.1) is 35.5 Å². The Kier molecular flexibility index (Phi) is 12.6. The molecular formula is C40H61NO10. The SMILES string of the molecule is CC[C@H]1CCC[C@H](O[C@H]2CC[C@H](N(C)C)[C@@H](C)O2)[C@@H](C)C(=O)C2=C[C@@H]3[C@@H](C=C[C@@H]4C[C@@H](O[C@@H]5O[C@@H](C)[C@H](OC)C(=O)[C@H]5OC)C[C@@H]34)[C@@H]2CC(=O)O1. The molecule has 0 spiro atoms. The third-order valence-corrected chi connectivity index (χ3v) is 12.8. The van der Waals surface area contributed by atoms with E-state index < -0.39 is 24.6 Å². The van der Waals surface area contributed by atoms with Crippen LogP contribution >= 0.6 is 0 Å². The minimum Gasteiger partial charge on any atom is -0.462 e. The van der Waals surface area contributed by atoms with Crippen molar-refractivity contribution >= 4 is 17.5 Å². The Morgan fingerprint density at radius 1 is 0.863 bits per heavy atom.